The molecule has 84 valence electrons. The van der Waals surface area contributed by atoms with E-state index in [0.717, 1.165) is 18.4 Å². The molecule has 2 aromatic rings. The van der Waals surface area contributed by atoms with Crippen LogP contribution >= 0.6 is 0 Å². The Kier molecular flexibility index (Phi) is 3.31. The Balaban J connectivity index is 2.33. The van der Waals surface area contributed by atoms with E-state index in [1.165, 1.54) is 5.56 Å². The van der Waals surface area contributed by atoms with Gasteiger partial charge in [0, 0.05) is 24.0 Å². The van der Waals surface area contributed by atoms with E-state index in [1.807, 2.05) is 36.2 Å². The number of allylic oxidation sites excluding steroid dienone is 1. The maximum absolute atomic E-state index is 4.31. The third-order valence-corrected chi connectivity index (χ3v) is 2.74. The highest BCUT2D eigenvalue weighted by Gasteiger charge is 2.13. The van der Waals surface area contributed by atoms with Crippen LogP contribution in [0, 0.1) is 0 Å². The molecule has 0 spiro atoms. The molecule has 0 radical (unpaired) electrons. The molecule has 4 heteroatoms. The summed E-state index contributed by atoms with van der Waals surface area (Å²) < 4.78 is 1.85. The van der Waals surface area contributed by atoms with Gasteiger partial charge in [-0.05, 0) is 19.9 Å². The minimum absolute atomic E-state index is 0.305. The SMILES string of the molecule is C=CCCC(NC)c1cnn2ccncc12. The van der Waals surface area contributed by atoms with Gasteiger partial charge in [0.05, 0.1) is 17.9 Å². The lowest BCUT2D eigenvalue weighted by molar-refractivity contribution is 0.558. The smallest absolute Gasteiger partial charge is 0.0892 e. The highest BCUT2D eigenvalue weighted by Crippen LogP contribution is 2.22. The fourth-order valence-corrected chi connectivity index (χ4v) is 1.86. The number of nitrogens with zero attached hydrogens (tertiary/aromatic N) is 3. The monoisotopic (exact) mass is 216 g/mol. The Morgan fingerprint density at radius 2 is 2.44 bits per heavy atom. The van der Waals surface area contributed by atoms with Crippen molar-refractivity contribution < 1.29 is 0 Å². The molecule has 0 aromatic carbocycles. The first kappa shape index (κ1) is 10.8. The normalized spacial score (nSPS) is 12.8. The van der Waals surface area contributed by atoms with Crippen LogP contribution in [0.2, 0.25) is 0 Å². The van der Waals surface area contributed by atoms with E-state index in [2.05, 4.69) is 22.0 Å². The van der Waals surface area contributed by atoms with Gasteiger partial charge in [0.2, 0.25) is 0 Å². The van der Waals surface area contributed by atoms with Crippen molar-refractivity contribution in [2.24, 2.45) is 0 Å². The van der Waals surface area contributed by atoms with Crippen molar-refractivity contribution in [1.29, 1.82) is 0 Å². The number of fused-ring (bicyclic) bond motifs is 1. The molecule has 1 N–H and O–H groups in total. The van der Waals surface area contributed by atoms with Crippen LogP contribution in [0.3, 0.4) is 0 Å². The van der Waals surface area contributed by atoms with E-state index in [-0.39, 0.29) is 0 Å². The molecule has 0 saturated carbocycles. The van der Waals surface area contributed by atoms with E-state index in [1.54, 1.807) is 6.20 Å². The van der Waals surface area contributed by atoms with Gasteiger partial charge < -0.3 is 5.32 Å². The molecule has 0 amide bonds. The number of hydrogen-bond donors (Lipinski definition) is 1. The summed E-state index contributed by atoms with van der Waals surface area (Å²) >= 11 is 0. The predicted octanol–water partition coefficient (Wildman–Crippen LogP) is 1.96. The van der Waals surface area contributed by atoms with Crippen LogP contribution in [0.1, 0.15) is 24.4 Å². The molecular weight excluding hydrogens is 200 g/mol. The van der Waals surface area contributed by atoms with E-state index in [9.17, 15) is 0 Å². The van der Waals surface area contributed by atoms with Crippen molar-refractivity contribution in [1.82, 2.24) is 19.9 Å². The van der Waals surface area contributed by atoms with Crippen LogP contribution in [-0.2, 0) is 0 Å². The zero-order valence-corrected chi connectivity index (χ0v) is 9.43. The number of rotatable bonds is 5. The third-order valence-electron chi connectivity index (χ3n) is 2.74. The van der Waals surface area contributed by atoms with Crippen LogP contribution in [0.5, 0.6) is 0 Å². The topological polar surface area (TPSA) is 42.2 Å². The van der Waals surface area contributed by atoms with Gasteiger partial charge in [0.15, 0.2) is 0 Å². The van der Waals surface area contributed by atoms with Gasteiger partial charge >= 0.3 is 0 Å². The van der Waals surface area contributed by atoms with Crippen LogP contribution in [0.25, 0.3) is 5.52 Å². The summed E-state index contributed by atoms with van der Waals surface area (Å²) in [7, 11) is 1.97. The molecule has 0 bridgehead atoms. The molecule has 0 aliphatic carbocycles. The van der Waals surface area contributed by atoms with E-state index in [4.69, 9.17) is 0 Å². The summed E-state index contributed by atoms with van der Waals surface area (Å²) in [5, 5.41) is 7.61. The van der Waals surface area contributed by atoms with Crippen molar-refractivity contribution >= 4 is 5.52 Å². The lowest BCUT2D eigenvalue weighted by Crippen LogP contribution is -2.15. The largest absolute Gasteiger partial charge is 0.313 e. The fourth-order valence-electron chi connectivity index (χ4n) is 1.86. The first-order valence-electron chi connectivity index (χ1n) is 5.42. The Morgan fingerprint density at radius 1 is 1.56 bits per heavy atom. The molecule has 0 aliphatic rings. The molecule has 1 atom stereocenters. The first-order valence-corrected chi connectivity index (χ1v) is 5.42. The molecule has 0 saturated heterocycles. The van der Waals surface area contributed by atoms with Gasteiger partial charge in [0.25, 0.3) is 0 Å². The second-order valence-corrected chi connectivity index (χ2v) is 3.71. The molecular formula is C12H16N4. The summed E-state index contributed by atoms with van der Waals surface area (Å²) in [5.41, 5.74) is 2.25. The van der Waals surface area contributed by atoms with Gasteiger partial charge in [-0.25, -0.2) is 4.52 Å². The van der Waals surface area contributed by atoms with Crippen LogP contribution in [0.4, 0.5) is 0 Å². The Labute approximate surface area is 95.0 Å². The Morgan fingerprint density at radius 3 is 3.19 bits per heavy atom. The van der Waals surface area contributed by atoms with E-state index >= 15 is 0 Å². The van der Waals surface area contributed by atoms with Gasteiger partial charge in [-0.1, -0.05) is 6.08 Å². The van der Waals surface area contributed by atoms with Crippen molar-refractivity contribution in [3.63, 3.8) is 0 Å². The molecule has 4 nitrogen and oxygen atoms in total. The summed E-state index contributed by atoms with van der Waals surface area (Å²) in [4.78, 5) is 4.13. The molecule has 0 aliphatic heterocycles. The molecule has 2 aromatic heterocycles. The zero-order chi connectivity index (χ0) is 11.4. The zero-order valence-electron chi connectivity index (χ0n) is 9.43. The first-order chi connectivity index (χ1) is 7.86. The number of nitrogens with one attached hydrogen (secondary N) is 1. The van der Waals surface area contributed by atoms with Crippen molar-refractivity contribution in [2.45, 2.75) is 18.9 Å². The van der Waals surface area contributed by atoms with Crippen LogP contribution in [0.15, 0.2) is 37.4 Å². The Bertz CT molecular complexity index is 475. The maximum atomic E-state index is 4.31. The van der Waals surface area contributed by atoms with E-state index in [0.29, 0.717) is 6.04 Å². The molecule has 2 rings (SSSR count). The van der Waals surface area contributed by atoms with E-state index < -0.39 is 0 Å². The summed E-state index contributed by atoms with van der Waals surface area (Å²) in [6.07, 6.45) is 11.3. The average molecular weight is 216 g/mol. The third kappa shape index (κ3) is 1.97. The second kappa shape index (κ2) is 4.90. The predicted molar refractivity (Wildman–Crippen MR) is 64.2 cm³/mol. The lowest BCUT2D eigenvalue weighted by Gasteiger charge is -2.13. The van der Waals surface area contributed by atoms with Gasteiger partial charge in [-0.3, -0.25) is 4.98 Å². The molecule has 16 heavy (non-hydrogen) atoms. The van der Waals surface area contributed by atoms with Gasteiger partial charge in [-0.15, -0.1) is 6.58 Å². The van der Waals surface area contributed by atoms with Gasteiger partial charge in [-0.2, -0.15) is 5.10 Å². The number of hydrogen-bond acceptors (Lipinski definition) is 3. The molecule has 1 unspecified atom stereocenters. The standard InChI is InChI=1S/C12H16N4/c1-3-4-5-11(13-2)10-8-15-16-7-6-14-9-12(10)16/h3,6-9,11,13H,1,4-5H2,2H3. The van der Waals surface area contributed by atoms with Crippen LogP contribution in [-0.4, -0.2) is 21.6 Å². The molecule has 0 fully saturated rings. The van der Waals surface area contributed by atoms with Crippen LogP contribution < -0.4 is 5.32 Å². The fraction of sp³-hybridized carbons (Fsp3) is 0.333. The van der Waals surface area contributed by atoms with Crippen molar-refractivity contribution in [2.75, 3.05) is 7.05 Å². The summed E-state index contributed by atoms with van der Waals surface area (Å²) in [5.74, 6) is 0. The summed E-state index contributed by atoms with van der Waals surface area (Å²) in [6.45, 7) is 3.75. The van der Waals surface area contributed by atoms with Crippen molar-refractivity contribution in [3.05, 3.63) is 43.0 Å². The quantitative estimate of drug-likeness (QED) is 0.777. The highest BCUT2D eigenvalue weighted by atomic mass is 15.2. The molecule has 2 heterocycles. The average Bonchev–Trinajstić information content (AvgIpc) is 2.75. The summed E-state index contributed by atoms with van der Waals surface area (Å²) in [6, 6.07) is 0.305. The minimum atomic E-state index is 0.305. The Hall–Kier alpha value is -1.68. The maximum Gasteiger partial charge on any atom is 0.0892 e. The van der Waals surface area contributed by atoms with Crippen molar-refractivity contribution in [3.8, 4) is 0 Å². The van der Waals surface area contributed by atoms with Gasteiger partial charge in [0.1, 0.15) is 0 Å². The second-order valence-electron chi connectivity index (χ2n) is 3.71. The number of aromatic nitrogens is 3. The minimum Gasteiger partial charge on any atom is -0.313 e. The highest BCUT2D eigenvalue weighted by molar-refractivity contribution is 5.53. The lowest BCUT2D eigenvalue weighted by atomic mass is 10.0.